The van der Waals surface area contributed by atoms with Gasteiger partial charge in [-0.25, -0.2) is 13.2 Å². The average molecular weight is 372 g/mol. The molecule has 0 amide bonds. The number of hydrogen-bond donors (Lipinski definition) is 2. The predicted molar refractivity (Wildman–Crippen MR) is 88.8 cm³/mol. The van der Waals surface area contributed by atoms with Crippen molar-refractivity contribution in [1.29, 1.82) is 0 Å². The van der Waals surface area contributed by atoms with Crippen LogP contribution in [0.15, 0.2) is 41.3 Å². The van der Waals surface area contributed by atoms with Crippen LogP contribution in [0.1, 0.15) is 10.4 Å². The SMILES string of the molecule is COc1ccc(S(=O)(=O)Nc2cc(C(=O)O)ccc2OC)cc1Cl. The molecule has 0 aliphatic carbocycles. The number of anilines is 1. The summed E-state index contributed by atoms with van der Waals surface area (Å²) >= 11 is 5.94. The Kier molecular flexibility index (Phi) is 5.20. The number of ether oxygens (including phenoxy) is 2. The summed E-state index contributed by atoms with van der Waals surface area (Å²) in [7, 11) is -1.24. The monoisotopic (exact) mass is 371 g/mol. The second-order valence-corrected chi connectivity index (χ2v) is 6.71. The number of methoxy groups -OCH3 is 2. The zero-order valence-corrected chi connectivity index (χ0v) is 14.3. The number of nitrogens with one attached hydrogen (secondary N) is 1. The highest BCUT2D eigenvalue weighted by Gasteiger charge is 2.19. The highest BCUT2D eigenvalue weighted by Crippen LogP contribution is 2.31. The van der Waals surface area contributed by atoms with Gasteiger partial charge in [0.1, 0.15) is 11.5 Å². The molecule has 9 heteroatoms. The fourth-order valence-electron chi connectivity index (χ4n) is 1.94. The van der Waals surface area contributed by atoms with E-state index in [1.165, 1.54) is 50.6 Å². The number of carboxylic acid groups (broad SMARTS) is 1. The Morgan fingerprint density at radius 2 is 1.71 bits per heavy atom. The Labute approximate surface area is 143 Å². The highest BCUT2D eigenvalue weighted by molar-refractivity contribution is 7.92. The van der Waals surface area contributed by atoms with Gasteiger partial charge in [-0.1, -0.05) is 11.6 Å². The van der Waals surface area contributed by atoms with E-state index in [1.807, 2.05) is 0 Å². The van der Waals surface area contributed by atoms with Gasteiger partial charge in [-0.05, 0) is 36.4 Å². The van der Waals surface area contributed by atoms with E-state index < -0.39 is 16.0 Å². The molecule has 0 bridgehead atoms. The molecule has 0 aliphatic heterocycles. The summed E-state index contributed by atoms with van der Waals surface area (Å²) in [5.74, 6) is -0.671. The molecule has 0 heterocycles. The van der Waals surface area contributed by atoms with Crippen molar-refractivity contribution >= 4 is 33.3 Å². The number of rotatable bonds is 6. The van der Waals surface area contributed by atoms with Gasteiger partial charge in [0.15, 0.2) is 0 Å². The van der Waals surface area contributed by atoms with Crippen molar-refractivity contribution in [3.05, 3.63) is 47.0 Å². The van der Waals surface area contributed by atoms with Gasteiger partial charge in [0.25, 0.3) is 10.0 Å². The summed E-state index contributed by atoms with van der Waals surface area (Å²) < 4.78 is 37.3. The summed E-state index contributed by atoms with van der Waals surface area (Å²) in [6, 6.07) is 7.81. The summed E-state index contributed by atoms with van der Waals surface area (Å²) in [6.07, 6.45) is 0. The van der Waals surface area contributed by atoms with E-state index in [9.17, 15) is 13.2 Å². The normalized spacial score (nSPS) is 11.0. The van der Waals surface area contributed by atoms with Crippen molar-refractivity contribution in [2.24, 2.45) is 0 Å². The number of benzene rings is 2. The van der Waals surface area contributed by atoms with Gasteiger partial charge in [-0.15, -0.1) is 0 Å². The lowest BCUT2D eigenvalue weighted by Gasteiger charge is -2.13. The Bertz CT molecular complexity index is 882. The maximum atomic E-state index is 12.5. The smallest absolute Gasteiger partial charge is 0.335 e. The molecule has 0 atom stereocenters. The Morgan fingerprint density at radius 1 is 1.08 bits per heavy atom. The zero-order chi connectivity index (χ0) is 17.9. The maximum Gasteiger partial charge on any atom is 0.335 e. The molecule has 0 unspecified atom stereocenters. The van der Waals surface area contributed by atoms with Crippen LogP contribution in [0.25, 0.3) is 0 Å². The Morgan fingerprint density at radius 3 is 2.25 bits per heavy atom. The molecule has 2 rings (SSSR count). The molecule has 24 heavy (non-hydrogen) atoms. The van der Waals surface area contributed by atoms with Gasteiger partial charge in [0.05, 0.1) is 35.4 Å². The van der Waals surface area contributed by atoms with Crippen molar-refractivity contribution in [1.82, 2.24) is 0 Å². The number of carbonyl (C=O) groups is 1. The maximum absolute atomic E-state index is 12.5. The van der Waals surface area contributed by atoms with Crippen LogP contribution < -0.4 is 14.2 Å². The van der Waals surface area contributed by atoms with Gasteiger partial charge in [0.2, 0.25) is 0 Å². The van der Waals surface area contributed by atoms with Crippen LogP contribution >= 0.6 is 11.6 Å². The minimum atomic E-state index is -4.00. The van der Waals surface area contributed by atoms with Crippen molar-refractivity contribution in [3.8, 4) is 11.5 Å². The summed E-state index contributed by atoms with van der Waals surface area (Å²) in [5, 5.41) is 9.16. The van der Waals surface area contributed by atoms with Crippen LogP contribution in [-0.4, -0.2) is 33.7 Å². The average Bonchev–Trinajstić information content (AvgIpc) is 2.54. The molecule has 2 aromatic rings. The second-order valence-electron chi connectivity index (χ2n) is 4.62. The number of aromatic carboxylic acids is 1. The molecule has 128 valence electrons. The number of sulfonamides is 1. The van der Waals surface area contributed by atoms with Crippen molar-refractivity contribution in [2.75, 3.05) is 18.9 Å². The molecule has 2 N–H and O–H groups in total. The van der Waals surface area contributed by atoms with Crippen LogP contribution in [0.5, 0.6) is 11.5 Å². The zero-order valence-electron chi connectivity index (χ0n) is 12.7. The van der Waals surface area contributed by atoms with E-state index in [4.69, 9.17) is 26.2 Å². The van der Waals surface area contributed by atoms with E-state index in [2.05, 4.69) is 4.72 Å². The molecular weight excluding hydrogens is 358 g/mol. The lowest BCUT2D eigenvalue weighted by molar-refractivity contribution is 0.0697. The highest BCUT2D eigenvalue weighted by atomic mass is 35.5. The van der Waals surface area contributed by atoms with E-state index in [-0.39, 0.29) is 26.9 Å². The van der Waals surface area contributed by atoms with Crippen molar-refractivity contribution in [3.63, 3.8) is 0 Å². The molecule has 0 saturated carbocycles. The topological polar surface area (TPSA) is 102 Å². The summed E-state index contributed by atoms with van der Waals surface area (Å²) in [4.78, 5) is 11.0. The fourth-order valence-corrected chi connectivity index (χ4v) is 3.35. The van der Waals surface area contributed by atoms with Gasteiger partial charge < -0.3 is 14.6 Å². The molecular formula is C15H14ClNO6S. The molecule has 0 spiro atoms. The number of carboxylic acids is 1. The van der Waals surface area contributed by atoms with E-state index in [0.29, 0.717) is 5.75 Å². The minimum absolute atomic E-state index is 0.00402. The first-order chi connectivity index (χ1) is 11.3. The standard InChI is InChI=1S/C15H14ClNO6S/c1-22-13-6-4-10(8-11(13)16)24(20,21)17-12-7-9(15(18)19)3-5-14(12)23-2/h3-8,17H,1-2H3,(H,18,19). The van der Waals surface area contributed by atoms with Crippen LogP contribution in [0.2, 0.25) is 5.02 Å². The summed E-state index contributed by atoms with van der Waals surface area (Å²) in [5.41, 5.74) is -0.0781. The van der Waals surface area contributed by atoms with E-state index >= 15 is 0 Å². The quantitative estimate of drug-likeness (QED) is 0.809. The third-order valence-corrected chi connectivity index (χ3v) is 4.78. The molecule has 0 saturated heterocycles. The van der Waals surface area contributed by atoms with Crippen LogP contribution in [0.3, 0.4) is 0 Å². The third-order valence-electron chi connectivity index (χ3n) is 3.12. The fraction of sp³-hybridized carbons (Fsp3) is 0.133. The molecule has 7 nitrogen and oxygen atoms in total. The first-order valence-corrected chi connectivity index (χ1v) is 8.42. The second kappa shape index (κ2) is 6.98. The largest absolute Gasteiger partial charge is 0.495 e. The lowest BCUT2D eigenvalue weighted by Crippen LogP contribution is -2.14. The molecule has 0 aromatic heterocycles. The predicted octanol–water partition coefficient (Wildman–Crippen LogP) is 2.86. The molecule has 0 radical (unpaired) electrons. The molecule has 2 aromatic carbocycles. The van der Waals surface area contributed by atoms with Crippen molar-refractivity contribution < 1.29 is 27.8 Å². The first-order valence-electron chi connectivity index (χ1n) is 6.56. The van der Waals surface area contributed by atoms with Crippen LogP contribution in [0, 0.1) is 0 Å². The minimum Gasteiger partial charge on any atom is -0.495 e. The molecule has 0 fully saturated rings. The lowest BCUT2D eigenvalue weighted by atomic mass is 10.2. The number of halogens is 1. The molecule has 0 aliphatic rings. The van der Waals surface area contributed by atoms with E-state index in [0.717, 1.165) is 0 Å². The van der Waals surface area contributed by atoms with Crippen molar-refractivity contribution in [2.45, 2.75) is 4.90 Å². The summed E-state index contributed by atoms with van der Waals surface area (Å²) in [6.45, 7) is 0. The van der Waals surface area contributed by atoms with Gasteiger partial charge in [-0.2, -0.15) is 0 Å². The Balaban J connectivity index is 2.43. The van der Waals surface area contributed by atoms with Gasteiger partial charge in [-0.3, -0.25) is 4.72 Å². The van der Waals surface area contributed by atoms with Crippen LogP contribution in [0.4, 0.5) is 5.69 Å². The number of hydrogen-bond acceptors (Lipinski definition) is 5. The first kappa shape index (κ1) is 17.9. The Hall–Kier alpha value is -2.45. The third kappa shape index (κ3) is 3.72. The van der Waals surface area contributed by atoms with Crippen LogP contribution in [-0.2, 0) is 10.0 Å². The van der Waals surface area contributed by atoms with E-state index in [1.54, 1.807) is 0 Å². The van der Waals surface area contributed by atoms with Gasteiger partial charge in [0, 0.05) is 0 Å². The van der Waals surface area contributed by atoms with Gasteiger partial charge >= 0.3 is 5.97 Å².